The van der Waals surface area contributed by atoms with Gasteiger partial charge in [-0.2, -0.15) is 0 Å². The number of ether oxygens (including phenoxy) is 2. The number of methoxy groups -OCH3 is 1. The molecule has 2 aromatic carbocycles. The number of nitrogens with zero attached hydrogens (tertiary/aromatic N) is 1. The summed E-state index contributed by atoms with van der Waals surface area (Å²) in [5.41, 5.74) is 1.11. The topological polar surface area (TPSA) is 41.9 Å². The minimum Gasteiger partial charge on any atom is -0.497 e. The summed E-state index contributed by atoms with van der Waals surface area (Å²) < 4.78 is 10.8. The Morgan fingerprint density at radius 2 is 1.67 bits per heavy atom. The fraction of sp³-hybridized carbons (Fsp3) is 0.478. The van der Waals surface area contributed by atoms with Gasteiger partial charge < -0.3 is 14.6 Å². The fourth-order valence-electron chi connectivity index (χ4n) is 4.02. The molecule has 0 saturated carbocycles. The van der Waals surface area contributed by atoms with Crippen LogP contribution in [-0.2, 0) is 10.3 Å². The summed E-state index contributed by atoms with van der Waals surface area (Å²) in [4.78, 5) is 2.40. The van der Waals surface area contributed by atoms with E-state index in [9.17, 15) is 5.11 Å². The first kappa shape index (κ1) is 19.9. The summed E-state index contributed by atoms with van der Waals surface area (Å²) >= 11 is 0. The van der Waals surface area contributed by atoms with Crippen molar-refractivity contribution in [3.05, 3.63) is 65.7 Å². The molecule has 3 rings (SSSR count). The van der Waals surface area contributed by atoms with Crippen LogP contribution in [0.25, 0.3) is 0 Å². The van der Waals surface area contributed by atoms with Crippen LogP contribution in [0.5, 0.6) is 5.75 Å². The van der Waals surface area contributed by atoms with Gasteiger partial charge in [0, 0.05) is 25.6 Å². The molecule has 146 valence electrons. The lowest BCUT2D eigenvalue weighted by Gasteiger charge is -2.43. The van der Waals surface area contributed by atoms with Crippen molar-refractivity contribution in [3.8, 4) is 5.75 Å². The molecule has 1 aliphatic heterocycles. The van der Waals surface area contributed by atoms with Crippen LogP contribution in [0.3, 0.4) is 0 Å². The number of hydrogen-bond acceptors (Lipinski definition) is 4. The maximum absolute atomic E-state index is 12.1. The van der Waals surface area contributed by atoms with Gasteiger partial charge in [-0.05, 0) is 29.2 Å². The van der Waals surface area contributed by atoms with Crippen LogP contribution in [0.2, 0.25) is 0 Å². The molecule has 4 nitrogen and oxygen atoms in total. The van der Waals surface area contributed by atoms with Gasteiger partial charge in [0.15, 0.2) is 0 Å². The number of hydrogen-bond donors (Lipinski definition) is 1. The Hall–Kier alpha value is -1.88. The molecule has 1 fully saturated rings. The first-order valence-corrected chi connectivity index (χ1v) is 9.77. The number of morpholine rings is 1. The number of benzene rings is 2. The first-order chi connectivity index (χ1) is 13.1. The predicted molar refractivity (Wildman–Crippen MR) is 108 cm³/mol. The molecule has 27 heavy (non-hydrogen) atoms. The summed E-state index contributed by atoms with van der Waals surface area (Å²) in [5.74, 6) is 0.816. The summed E-state index contributed by atoms with van der Waals surface area (Å²) in [6.45, 7) is 8.31. The van der Waals surface area contributed by atoms with Crippen LogP contribution in [0.1, 0.15) is 30.9 Å². The van der Waals surface area contributed by atoms with E-state index in [1.807, 2.05) is 30.3 Å². The molecule has 0 aromatic heterocycles. The van der Waals surface area contributed by atoms with Gasteiger partial charge in [-0.15, -0.1) is 0 Å². The molecule has 2 aromatic rings. The van der Waals surface area contributed by atoms with Gasteiger partial charge in [-0.25, -0.2) is 0 Å². The third-order valence-corrected chi connectivity index (χ3v) is 5.71. The molecule has 0 amide bonds. The van der Waals surface area contributed by atoms with Crippen LogP contribution in [0.4, 0.5) is 0 Å². The maximum atomic E-state index is 12.1. The first-order valence-electron chi connectivity index (χ1n) is 9.77. The molecule has 1 heterocycles. The van der Waals surface area contributed by atoms with Crippen LogP contribution >= 0.6 is 0 Å². The van der Waals surface area contributed by atoms with Gasteiger partial charge in [-0.3, -0.25) is 4.90 Å². The van der Waals surface area contributed by atoms with Gasteiger partial charge in [0.25, 0.3) is 0 Å². The van der Waals surface area contributed by atoms with E-state index >= 15 is 0 Å². The van der Waals surface area contributed by atoms with Crippen molar-refractivity contribution in [2.75, 3.05) is 40.0 Å². The highest BCUT2D eigenvalue weighted by molar-refractivity contribution is 5.36. The molecular formula is C23H31NO3. The Labute approximate surface area is 162 Å². The Balaban J connectivity index is 2.01. The second-order valence-corrected chi connectivity index (χ2v) is 7.58. The number of rotatable bonds is 7. The lowest BCUT2D eigenvalue weighted by Crippen LogP contribution is -2.47. The zero-order valence-corrected chi connectivity index (χ0v) is 16.6. The van der Waals surface area contributed by atoms with Gasteiger partial charge in [0.2, 0.25) is 0 Å². The lowest BCUT2D eigenvalue weighted by atomic mass is 9.70. The minimum absolute atomic E-state index is 0.0369. The molecule has 0 bridgehead atoms. The van der Waals surface area contributed by atoms with Crippen molar-refractivity contribution >= 4 is 0 Å². The van der Waals surface area contributed by atoms with E-state index in [1.165, 1.54) is 0 Å². The third-order valence-electron chi connectivity index (χ3n) is 5.71. The summed E-state index contributed by atoms with van der Waals surface area (Å²) in [6.07, 6.45) is 0. The lowest BCUT2D eigenvalue weighted by molar-refractivity contribution is -0.0547. The van der Waals surface area contributed by atoms with Gasteiger partial charge in [0.05, 0.1) is 25.9 Å². The molecule has 1 aliphatic rings. The molecule has 0 spiro atoms. The quantitative estimate of drug-likeness (QED) is 0.809. The van der Waals surface area contributed by atoms with Crippen molar-refractivity contribution in [2.45, 2.75) is 25.4 Å². The Kier molecular flexibility index (Phi) is 6.53. The highest BCUT2D eigenvalue weighted by Gasteiger charge is 2.43. The molecule has 4 heteroatoms. The van der Waals surface area contributed by atoms with E-state index in [1.54, 1.807) is 7.11 Å². The van der Waals surface area contributed by atoms with E-state index in [-0.39, 0.29) is 11.8 Å². The normalized spacial score (nSPS) is 18.9. The number of aliphatic hydroxyl groups is 1. The molecule has 1 saturated heterocycles. The standard InChI is InChI=1S/C23H31NO3/c1-18(2)23(25,20-9-11-21(26-3)12-10-20)22(19-7-5-4-6-8-19)17-24-13-15-27-16-14-24/h4-12,18,22,25H,13-17H2,1-3H3/t22-,23+/m1/s1. The minimum atomic E-state index is -0.980. The fourth-order valence-corrected chi connectivity index (χ4v) is 4.02. The zero-order chi connectivity index (χ0) is 19.3. The van der Waals surface area contributed by atoms with Crippen molar-refractivity contribution in [3.63, 3.8) is 0 Å². The van der Waals surface area contributed by atoms with Crippen LogP contribution < -0.4 is 4.74 Å². The second-order valence-electron chi connectivity index (χ2n) is 7.58. The largest absolute Gasteiger partial charge is 0.497 e. The highest BCUT2D eigenvalue weighted by Crippen LogP contribution is 2.43. The molecule has 0 aliphatic carbocycles. The van der Waals surface area contributed by atoms with E-state index in [2.05, 4.69) is 43.0 Å². The van der Waals surface area contributed by atoms with Crippen molar-refractivity contribution in [1.82, 2.24) is 4.90 Å². The van der Waals surface area contributed by atoms with Crippen LogP contribution in [-0.4, -0.2) is 50.0 Å². The predicted octanol–water partition coefficient (Wildman–Crippen LogP) is 3.65. The summed E-state index contributed by atoms with van der Waals surface area (Å²) in [7, 11) is 1.66. The molecule has 2 atom stereocenters. The smallest absolute Gasteiger partial charge is 0.118 e. The van der Waals surface area contributed by atoms with Crippen LogP contribution in [0, 0.1) is 5.92 Å². The third kappa shape index (κ3) is 4.34. The second kappa shape index (κ2) is 8.87. The van der Waals surface area contributed by atoms with Crippen LogP contribution in [0.15, 0.2) is 54.6 Å². The van der Waals surface area contributed by atoms with Gasteiger partial charge in [0.1, 0.15) is 5.75 Å². The SMILES string of the molecule is COc1ccc([C@@](O)(C(C)C)[C@H](CN2CCOCC2)c2ccccc2)cc1. The Bertz CT molecular complexity index is 695. The van der Waals surface area contributed by atoms with Gasteiger partial charge >= 0.3 is 0 Å². The molecule has 1 N–H and O–H groups in total. The van der Waals surface area contributed by atoms with E-state index in [0.29, 0.717) is 0 Å². The molecule has 0 unspecified atom stereocenters. The average molecular weight is 370 g/mol. The van der Waals surface area contributed by atoms with Gasteiger partial charge in [-0.1, -0.05) is 56.3 Å². The van der Waals surface area contributed by atoms with E-state index in [0.717, 1.165) is 49.7 Å². The van der Waals surface area contributed by atoms with E-state index < -0.39 is 5.60 Å². The summed E-state index contributed by atoms with van der Waals surface area (Å²) in [6, 6.07) is 18.2. The highest BCUT2D eigenvalue weighted by atomic mass is 16.5. The van der Waals surface area contributed by atoms with E-state index in [4.69, 9.17) is 9.47 Å². The molecular weight excluding hydrogens is 338 g/mol. The zero-order valence-electron chi connectivity index (χ0n) is 16.6. The van der Waals surface area contributed by atoms with Crippen molar-refractivity contribution in [2.24, 2.45) is 5.92 Å². The Morgan fingerprint density at radius 1 is 1.04 bits per heavy atom. The summed E-state index contributed by atoms with van der Waals surface area (Å²) in [5, 5.41) is 12.1. The van der Waals surface area contributed by atoms with Crippen molar-refractivity contribution in [1.29, 1.82) is 0 Å². The maximum Gasteiger partial charge on any atom is 0.118 e. The van der Waals surface area contributed by atoms with Crippen molar-refractivity contribution < 1.29 is 14.6 Å². The molecule has 0 radical (unpaired) electrons. The average Bonchev–Trinajstić information content (AvgIpc) is 2.73. The Morgan fingerprint density at radius 3 is 2.22 bits per heavy atom. The monoisotopic (exact) mass is 369 g/mol.